The van der Waals surface area contributed by atoms with E-state index in [0.29, 0.717) is 13.2 Å². The highest BCUT2D eigenvalue weighted by Crippen LogP contribution is 2.14. The molecule has 27 heavy (non-hydrogen) atoms. The summed E-state index contributed by atoms with van der Waals surface area (Å²) < 4.78 is 20.2. The molecular weight excluding hydrogens is 566 g/mol. The normalized spacial score (nSPS) is 14.4. The fourth-order valence-corrected chi connectivity index (χ4v) is 3.65. The average Bonchev–Trinajstić information content (AvgIpc) is 2.66. The molecule has 0 saturated carbocycles. The SMILES string of the molecule is CCOC(CCC=CCCCCI)OC(CCC=CCCCCI)OCC. The van der Waals surface area contributed by atoms with Crippen molar-refractivity contribution in [3.8, 4) is 0 Å². The Hall–Kier alpha value is 0.820. The van der Waals surface area contributed by atoms with Gasteiger partial charge in [-0.1, -0.05) is 69.5 Å². The molecule has 0 fully saturated rings. The summed E-state index contributed by atoms with van der Waals surface area (Å²) in [5.41, 5.74) is 0. The van der Waals surface area contributed by atoms with Gasteiger partial charge in [0, 0.05) is 26.1 Å². The Labute approximate surface area is 195 Å². The minimum absolute atomic E-state index is 0.182. The van der Waals surface area contributed by atoms with E-state index in [1.807, 2.05) is 13.8 Å². The molecule has 0 aromatic carbocycles. The zero-order valence-electron chi connectivity index (χ0n) is 17.3. The van der Waals surface area contributed by atoms with Crippen LogP contribution in [-0.2, 0) is 14.2 Å². The van der Waals surface area contributed by atoms with Gasteiger partial charge in [-0.15, -0.1) is 0 Å². The van der Waals surface area contributed by atoms with Crippen molar-refractivity contribution in [3.05, 3.63) is 24.3 Å². The van der Waals surface area contributed by atoms with Crippen LogP contribution < -0.4 is 0 Å². The minimum atomic E-state index is -0.182. The second-order valence-electron chi connectivity index (χ2n) is 6.37. The predicted octanol–water partition coefficient (Wildman–Crippen LogP) is 7.61. The molecular formula is C22H40I2O3. The van der Waals surface area contributed by atoms with Crippen molar-refractivity contribution in [3.63, 3.8) is 0 Å². The van der Waals surface area contributed by atoms with Crippen molar-refractivity contribution in [2.45, 2.75) is 90.6 Å². The standard InChI is InChI=1S/C22H40I2O3/c1-3-25-21(17-13-9-5-7-11-15-19-23)27-22(26-4-2)18-14-10-6-8-12-16-20-24/h5-6,9-10,21-22H,3-4,7-8,11-20H2,1-2H3. The molecule has 0 aliphatic carbocycles. The van der Waals surface area contributed by atoms with Gasteiger partial charge in [0.15, 0.2) is 12.6 Å². The van der Waals surface area contributed by atoms with E-state index in [1.54, 1.807) is 0 Å². The van der Waals surface area contributed by atoms with Gasteiger partial charge in [0.2, 0.25) is 0 Å². The molecule has 0 N–H and O–H groups in total. The van der Waals surface area contributed by atoms with Crippen molar-refractivity contribution in [2.24, 2.45) is 0 Å². The van der Waals surface area contributed by atoms with Crippen molar-refractivity contribution in [2.75, 3.05) is 22.1 Å². The van der Waals surface area contributed by atoms with Crippen LogP contribution in [0.1, 0.15) is 78.1 Å². The Kier molecular flexibility index (Phi) is 23.8. The molecule has 0 spiro atoms. The fourth-order valence-electron chi connectivity index (χ4n) is 2.57. The number of halogens is 2. The quantitative estimate of drug-likeness (QED) is 0.0470. The maximum atomic E-state index is 6.11. The Morgan fingerprint density at radius 3 is 1.41 bits per heavy atom. The van der Waals surface area contributed by atoms with Crippen molar-refractivity contribution < 1.29 is 14.2 Å². The molecule has 5 heteroatoms. The number of unbranched alkanes of at least 4 members (excludes halogenated alkanes) is 4. The zero-order valence-corrected chi connectivity index (χ0v) is 21.7. The summed E-state index contributed by atoms with van der Waals surface area (Å²) in [4.78, 5) is 0. The van der Waals surface area contributed by atoms with Gasteiger partial charge in [0.05, 0.1) is 0 Å². The number of allylic oxidation sites excluding steroid dienone is 4. The summed E-state index contributed by atoms with van der Waals surface area (Å²) in [5, 5.41) is 0. The Bertz CT molecular complexity index is 316. The van der Waals surface area contributed by atoms with Gasteiger partial charge in [-0.05, 0) is 74.1 Å². The van der Waals surface area contributed by atoms with E-state index in [0.717, 1.165) is 25.7 Å². The molecule has 0 aromatic heterocycles. The number of hydrogen-bond donors (Lipinski definition) is 0. The van der Waals surface area contributed by atoms with Gasteiger partial charge >= 0.3 is 0 Å². The molecule has 0 saturated heterocycles. The average molecular weight is 606 g/mol. The van der Waals surface area contributed by atoms with Crippen LogP contribution in [0.4, 0.5) is 0 Å². The first-order chi connectivity index (χ1) is 13.3. The van der Waals surface area contributed by atoms with E-state index in [2.05, 4.69) is 69.5 Å². The molecule has 2 atom stereocenters. The summed E-state index contributed by atoms with van der Waals surface area (Å²) in [5.74, 6) is 0. The number of alkyl halides is 2. The first-order valence-corrected chi connectivity index (χ1v) is 13.6. The molecule has 0 aliphatic rings. The van der Waals surface area contributed by atoms with Crippen molar-refractivity contribution in [1.82, 2.24) is 0 Å². The van der Waals surface area contributed by atoms with E-state index >= 15 is 0 Å². The van der Waals surface area contributed by atoms with Gasteiger partial charge in [0.25, 0.3) is 0 Å². The van der Waals surface area contributed by atoms with E-state index in [1.165, 1.54) is 47.4 Å². The molecule has 2 unspecified atom stereocenters. The van der Waals surface area contributed by atoms with Crippen molar-refractivity contribution >= 4 is 45.2 Å². The molecule has 0 heterocycles. The van der Waals surface area contributed by atoms with E-state index in [4.69, 9.17) is 14.2 Å². The number of rotatable bonds is 20. The Morgan fingerprint density at radius 1 is 0.630 bits per heavy atom. The van der Waals surface area contributed by atoms with E-state index < -0.39 is 0 Å². The van der Waals surface area contributed by atoms with Crippen LogP contribution in [0, 0.1) is 0 Å². The summed E-state index contributed by atoms with van der Waals surface area (Å²) in [7, 11) is 0. The molecule has 0 radical (unpaired) electrons. The van der Waals surface area contributed by atoms with Gasteiger partial charge in [-0.25, -0.2) is 0 Å². The van der Waals surface area contributed by atoms with E-state index in [-0.39, 0.29) is 12.6 Å². The topological polar surface area (TPSA) is 27.7 Å². The van der Waals surface area contributed by atoms with Crippen LogP contribution in [0.5, 0.6) is 0 Å². The van der Waals surface area contributed by atoms with E-state index in [9.17, 15) is 0 Å². The molecule has 0 bridgehead atoms. The lowest BCUT2D eigenvalue weighted by Crippen LogP contribution is -2.27. The maximum Gasteiger partial charge on any atom is 0.161 e. The third-order valence-corrected chi connectivity index (χ3v) is 5.51. The first-order valence-electron chi connectivity index (χ1n) is 10.6. The highest BCUT2D eigenvalue weighted by Gasteiger charge is 2.16. The van der Waals surface area contributed by atoms with Gasteiger partial charge in [-0.3, -0.25) is 0 Å². The lowest BCUT2D eigenvalue weighted by Gasteiger charge is -2.24. The maximum absolute atomic E-state index is 6.11. The molecule has 3 nitrogen and oxygen atoms in total. The lowest BCUT2D eigenvalue weighted by molar-refractivity contribution is -0.246. The third kappa shape index (κ3) is 19.9. The Morgan fingerprint density at radius 2 is 1.04 bits per heavy atom. The monoisotopic (exact) mass is 606 g/mol. The third-order valence-electron chi connectivity index (χ3n) is 3.99. The molecule has 0 amide bonds. The summed E-state index contributed by atoms with van der Waals surface area (Å²) in [6.45, 7) is 5.37. The summed E-state index contributed by atoms with van der Waals surface area (Å²) >= 11 is 4.87. The Balaban J connectivity index is 4.15. The first kappa shape index (κ1) is 27.8. The lowest BCUT2D eigenvalue weighted by atomic mass is 10.2. The molecule has 0 aliphatic heterocycles. The minimum Gasteiger partial charge on any atom is -0.353 e. The van der Waals surface area contributed by atoms with Crippen LogP contribution in [0.2, 0.25) is 0 Å². The molecule has 0 rings (SSSR count). The van der Waals surface area contributed by atoms with Crippen LogP contribution >= 0.6 is 45.2 Å². The number of hydrogen-bond acceptors (Lipinski definition) is 3. The summed E-state index contributed by atoms with van der Waals surface area (Å²) in [6.07, 6.45) is 20.0. The summed E-state index contributed by atoms with van der Waals surface area (Å²) in [6, 6.07) is 0. The van der Waals surface area contributed by atoms with Crippen LogP contribution in [0.3, 0.4) is 0 Å². The smallest absolute Gasteiger partial charge is 0.161 e. The predicted molar refractivity (Wildman–Crippen MR) is 134 cm³/mol. The van der Waals surface area contributed by atoms with Crippen LogP contribution in [0.25, 0.3) is 0 Å². The van der Waals surface area contributed by atoms with Crippen LogP contribution in [0.15, 0.2) is 24.3 Å². The van der Waals surface area contributed by atoms with Crippen LogP contribution in [-0.4, -0.2) is 34.6 Å². The highest BCUT2D eigenvalue weighted by atomic mass is 127. The second kappa shape index (κ2) is 23.1. The second-order valence-corrected chi connectivity index (χ2v) is 8.53. The molecule has 0 aromatic rings. The zero-order chi connectivity index (χ0) is 20.0. The number of ether oxygens (including phenoxy) is 3. The van der Waals surface area contributed by atoms with Gasteiger partial charge in [-0.2, -0.15) is 0 Å². The fraction of sp³-hybridized carbons (Fsp3) is 0.818. The molecule has 160 valence electrons. The van der Waals surface area contributed by atoms with Gasteiger partial charge < -0.3 is 14.2 Å². The van der Waals surface area contributed by atoms with Crippen molar-refractivity contribution in [1.29, 1.82) is 0 Å². The van der Waals surface area contributed by atoms with Gasteiger partial charge in [0.1, 0.15) is 0 Å². The highest BCUT2D eigenvalue weighted by molar-refractivity contribution is 14.1. The largest absolute Gasteiger partial charge is 0.353 e.